The molecule has 1 amide bonds. The molecule has 0 aromatic carbocycles. The van der Waals surface area contributed by atoms with Gasteiger partial charge in [0.1, 0.15) is 29.7 Å². The van der Waals surface area contributed by atoms with Crippen molar-refractivity contribution in [2.75, 3.05) is 44.3 Å². The van der Waals surface area contributed by atoms with Crippen LogP contribution in [0.4, 0.5) is 17.3 Å². The summed E-state index contributed by atoms with van der Waals surface area (Å²) in [4.78, 5) is 24.4. The van der Waals surface area contributed by atoms with E-state index in [9.17, 15) is 13.2 Å². The van der Waals surface area contributed by atoms with Crippen LogP contribution in [0.1, 0.15) is 6.92 Å². The molecule has 0 bridgehead atoms. The number of ether oxygens (including phenoxy) is 3. The van der Waals surface area contributed by atoms with E-state index in [4.69, 9.17) is 14.2 Å². The Morgan fingerprint density at radius 3 is 2.41 bits per heavy atom. The second-order valence-electron chi connectivity index (χ2n) is 7.14. The van der Waals surface area contributed by atoms with Crippen molar-refractivity contribution in [2.24, 2.45) is 0 Å². The van der Waals surface area contributed by atoms with Crippen molar-refractivity contribution in [2.45, 2.75) is 11.9 Å². The van der Waals surface area contributed by atoms with Crippen molar-refractivity contribution in [1.82, 2.24) is 15.0 Å². The zero-order chi connectivity index (χ0) is 24.7. The van der Waals surface area contributed by atoms with E-state index in [0.29, 0.717) is 47.5 Å². The maximum Gasteiger partial charge on any atom is 0.222 e. The van der Waals surface area contributed by atoms with Crippen LogP contribution in [0.15, 0.2) is 47.8 Å². The van der Waals surface area contributed by atoms with Crippen molar-refractivity contribution >= 4 is 33.1 Å². The molecule has 0 saturated carbocycles. The quantitative estimate of drug-likeness (QED) is 0.410. The number of sulfone groups is 1. The number of carbonyl (C=O) groups is 1. The van der Waals surface area contributed by atoms with E-state index >= 15 is 0 Å². The Kier molecular flexibility index (Phi) is 7.97. The minimum Gasteiger partial charge on any atom is -0.497 e. The van der Waals surface area contributed by atoms with Crippen LogP contribution in [-0.2, 0) is 19.4 Å². The fourth-order valence-electron chi connectivity index (χ4n) is 2.87. The van der Waals surface area contributed by atoms with Gasteiger partial charge in [-0.25, -0.2) is 18.4 Å². The molecule has 0 aliphatic carbocycles. The van der Waals surface area contributed by atoms with E-state index in [2.05, 4.69) is 25.6 Å². The van der Waals surface area contributed by atoms with Gasteiger partial charge in [0.25, 0.3) is 0 Å². The van der Waals surface area contributed by atoms with Gasteiger partial charge in [-0.05, 0) is 12.1 Å². The first kappa shape index (κ1) is 24.9. The topological polar surface area (TPSA) is 142 Å². The molecule has 11 nitrogen and oxygen atoms in total. The van der Waals surface area contributed by atoms with E-state index in [0.717, 1.165) is 6.26 Å². The van der Waals surface area contributed by atoms with Gasteiger partial charge in [-0.3, -0.25) is 9.78 Å². The largest absolute Gasteiger partial charge is 0.497 e. The molecule has 3 heterocycles. The molecule has 0 unspecified atom stereocenters. The number of anilines is 3. The van der Waals surface area contributed by atoms with Gasteiger partial charge in [0.05, 0.1) is 31.3 Å². The van der Waals surface area contributed by atoms with Gasteiger partial charge in [-0.15, -0.1) is 0 Å². The minimum atomic E-state index is -3.59. The van der Waals surface area contributed by atoms with Crippen LogP contribution < -0.4 is 20.1 Å². The maximum absolute atomic E-state index is 12.1. The second kappa shape index (κ2) is 10.9. The van der Waals surface area contributed by atoms with Gasteiger partial charge in [0.2, 0.25) is 5.91 Å². The lowest BCUT2D eigenvalue weighted by Gasteiger charge is -2.14. The molecule has 0 aliphatic rings. The highest BCUT2D eigenvalue weighted by molar-refractivity contribution is 7.90. The van der Waals surface area contributed by atoms with Gasteiger partial charge in [0.15, 0.2) is 14.9 Å². The van der Waals surface area contributed by atoms with Gasteiger partial charge in [-0.2, -0.15) is 0 Å². The summed E-state index contributed by atoms with van der Waals surface area (Å²) in [7, 11) is -0.568. The predicted molar refractivity (Wildman–Crippen MR) is 126 cm³/mol. The van der Waals surface area contributed by atoms with Crippen LogP contribution in [0.3, 0.4) is 0 Å². The second-order valence-corrected chi connectivity index (χ2v) is 9.11. The Hall–Kier alpha value is -3.77. The molecule has 0 radical (unpaired) electrons. The van der Waals surface area contributed by atoms with Crippen LogP contribution in [0.5, 0.6) is 11.5 Å². The lowest BCUT2D eigenvalue weighted by atomic mass is 10.1. The zero-order valence-electron chi connectivity index (χ0n) is 19.2. The van der Waals surface area contributed by atoms with Gasteiger partial charge >= 0.3 is 0 Å². The average Bonchev–Trinajstić information content (AvgIpc) is 2.79. The Bertz CT molecular complexity index is 1270. The number of aromatic nitrogens is 3. The Morgan fingerprint density at radius 2 is 1.79 bits per heavy atom. The van der Waals surface area contributed by atoms with Gasteiger partial charge < -0.3 is 24.8 Å². The van der Waals surface area contributed by atoms with Gasteiger partial charge in [-0.1, -0.05) is 0 Å². The molecule has 34 heavy (non-hydrogen) atoms. The number of rotatable bonds is 10. The molecule has 3 aromatic heterocycles. The summed E-state index contributed by atoms with van der Waals surface area (Å²) in [5.41, 5.74) is 1.64. The molecule has 3 rings (SSSR count). The van der Waals surface area contributed by atoms with Crippen LogP contribution in [0, 0.1) is 0 Å². The van der Waals surface area contributed by atoms with Crippen molar-refractivity contribution in [3.8, 4) is 22.8 Å². The molecule has 0 saturated heterocycles. The molecule has 0 aliphatic heterocycles. The molecule has 0 spiro atoms. The lowest BCUT2D eigenvalue weighted by molar-refractivity contribution is -0.114. The molecule has 3 aromatic rings. The van der Waals surface area contributed by atoms with E-state index in [-0.39, 0.29) is 16.8 Å². The fraction of sp³-hybridized carbons (Fsp3) is 0.273. The molecule has 0 atom stereocenters. The first-order chi connectivity index (χ1) is 16.2. The SMILES string of the molecule is COCCOc1ccc(-c2cnc(NC(C)=O)cc2Nc2cc(OC)cc(S(C)(=O)=O)n2)nc1. The van der Waals surface area contributed by atoms with Crippen molar-refractivity contribution in [1.29, 1.82) is 0 Å². The summed E-state index contributed by atoms with van der Waals surface area (Å²) in [6, 6.07) is 8.00. The first-order valence-corrected chi connectivity index (χ1v) is 12.0. The summed E-state index contributed by atoms with van der Waals surface area (Å²) in [6.07, 6.45) is 4.17. The number of hydrogen-bond donors (Lipinski definition) is 2. The highest BCUT2D eigenvalue weighted by Gasteiger charge is 2.16. The van der Waals surface area contributed by atoms with Crippen molar-refractivity contribution < 1.29 is 27.4 Å². The smallest absolute Gasteiger partial charge is 0.222 e. The van der Waals surface area contributed by atoms with Gasteiger partial charge in [0, 0.05) is 50.2 Å². The Balaban J connectivity index is 2.01. The molecule has 2 N–H and O–H groups in total. The van der Waals surface area contributed by atoms with Crippen LogP contribution in [0.2, 0.25) is 0 Å². The third-order valence-corrected chi connectivity index (χ3v) is 5.40. The number of pyridine rings is 3. The van der Waals surface area contributed by atoms with E-state index in [1.165, 1.54) is 20.1 Å². The number of hydrogen-bond acceptors (Lipinski definition) is 10. The first-order valence-electron chi connectivity index (χ1n) is 10.1. The predicted octanol–water partition coefficient (Wildman–Crippen LogP) is 2.68. The highest BCUT2D eigenvalue weighted by atomic mass is 32.2. The van der Waals surface area contributed by atoms with Crippen LogP contribution >= 0.6 is 0 Å². The number of carbonyl (C=O) groups excluding carboxylic acids is 1. The monoisotopic (exact) mass is 487 g/mol. The summed E-state index contributed by atoms with van der Waals surface area (Å²) in [6.45, 7) is 2.21. The third kappa shape index (κ3) is 6.62. The maximum atomic E-state index is 12.1. The summed E-state index contributed by atoms with van der Waals surface area (Å²) in [5, 5.41) is 5.57. The van der Waals surface area contributed by atoms with E-state index in [1.807, 2.05) is 0 Å². The molecular formula is C22H25N5O6S. The third-order valence-electron chi connectivity index (χ3n) is 4.43. The number of methoxy groups -OCH3 is 2. The summed E-state index contributed by atoms with van der Waals surface area (Å²) < 4.78 is 39.9. The van der Waals surface area contributed by atoms with E-state index in [1.54, 1.807) is 43.8 Å². The fourth-order valence-corrected chi connectivity index (χ4v) is 3.47. The number of amides is 1. The van der Waals surface area contributed by atoms with Crippen molar-refractivity contribution in [3.05, 3.63) is 42.7 Å². The lowest BCUT2D eigenvalue weighted by Crippen LogP contribution is -2.09. The average molecular weight is 488 g/mol. The summed E-state index contributed by atoms with van der Waals surface area (Å²) >= 11 is 0. The Morgan fingerprint density at radius 1 is 1.00 bits per heavy atom. The molecule has 12 heteroatoms. The number of nitrogens with zero attached hydrogens (tertiary/aromatic N) is 3. The molecule has 0 fully saturated rings. The van der Waals surface area contributed by atoms with E-state index < -0.39 is 9.84 Å². The zero-order valence-corrected chi connectivity index (χ0v) is 20.0. The highest BCUT2D eigenvalue weighted by Crippen LogP contribution is 2.32. The van der Waals surface area contributed by atoms with Crippen LogP contribution in [-0.4, -0.2) is 63.0 Å². The normalized spacial score (nSPS) is 11.1. The van der Waals surface area contributed by atoms with Crippen LogP contribution in [0.25, 0.3) is 11.3 Å². The molecule has 180 valence electrons. The van der Waals surface area contributed by atoms with Crippen molar-refractivity contribution in [3.63, 3.8) is 0 Å². The minimum absolute atomic E-state index is 0.150. The Labute approximate surface area is 197 Å². The number of nitrogens with one attached hydrogen (secondary N) is 2. The summed E-state index contributed by atoms with van der Waals surface area (Å²) in [5.74, 6) is 1.11. The standard InChI is InChI=1S/C22H25N5O6S/c1-14(28)25-20-11-19(26-21-9-16(32-3)10-22(27-21)34(4,29)30)17(13-24-20)18-6-5-15(12-23-18)33-8-7-31-2/h5-6,9-13H,7-8H2,1-4H3,(H2,24,25,26,27,28). The molecular weight excluding hydrogens is 462 g/mol.